The van der Waals surface area contributed by atoms with Crippen molar-refractivity contribution in [3.05, 3.63) is 47.1 Å². The first kappa shape index (κ1) is 8.22. The van der Waals surface area contributed by atoms with E-state index in [4.69, 9.17) is 6.57 Å². The summed E-state index contributed by atoms with van der Waals surface area (Å²) >= 11 is 3.13. The lowest BCUT2D eigenvalue weighted by atomic mass is 10.2. The van der Waals surface area contributed by atoms with Gasteiger partial charge < -0.3 is 0 Å². The highest BCUT2D eigenvalue weighted by Crippen LogP contribution is 2.23. The van der Waals surface area contributed by atoms with Crippen LogP contribution in [0.3, 0.4) is 0 Å². The van der Waals surface area contributed by atoms with Gasteiger partial charge in [-0.3, -0.25) is 4.85 Å². The predicted molar refractivity (Wildman–Crippen MR) is 44.7 cm³/mol. The lowest BCUT2D eigenvalue weighted by Gasteiger charge is -1.95. The molecule has 0 spiro atoms. The average molecular weight is 214 g/mol. The Balaban J connectivity index is 2.92. The summed E-state index contributed by atoms with van der Waals surface area (Å²) in [6.07, 6.45) is 0. The molecule has 1 aromatic rings. The van der Waals surface area contributed by atoms with Gasteiger partial charge in [0.1, 0.15) is 5.82 Å². The molecule has 56 valence electrons. The summed E-state index contributed by atoms with van der Waals surface area (Å²) in [5, 5.41) is 0. The molecule has 0 aliphatic heterocycles. The van der Waals surface area contributed by atoms with Crippen LogP contribution in [0.1, 0.15) is 10.5 Å². The van der Waals surface area contributed by atoms with Crippen molar-refractivity contribution >= 4 is 15.9 Å². The van der Waals surface area contributed by atoms with Gasteiger partial charge in [-0.25, -0.2) is 11.0 Å². The van der Waals surface area contributed by atoms with Crippen LogP contribution in [0.5, 0.6) is 0 Å². The fraction of sp³-hybridized carbons (Fsp3) is 0.125. The summed E-state index contributed by atoms with van der Waals surface area (Å²) in [6, 6.07) is 5.86. The van der Waals surface area contributed by atoms with Gasteiger partial charge in [0.15, 0.2) is 0 Å². The number of hydrogen-bond donors (Lipinski definition) is 0. The third kappa shape index (κ3) is 2.02. The van der Waals surface area contributed by atoms with Gasteiger partial charge in [0.2, 0.25) is 0 Å². The largest absolute Gasteiger partial charge is 0.301 e. The van der Waals surface area contributed by atoms with Crippen molar-refractivity contribution < 1.29 is 4.39 Å². The third-order valence-electron chi connectivity index (χ3n) is 1.26. The molecule has 1 nitrogen and oxygen atoms in total. The van der Waals surface area contributed by atoms with Gasteiger partial charge in [0.05, 0.1) is 0 Å². The molecule has 0 amide bonds. The van der Waals surface area contributed by atoms with Crippen molar-refractivity contribution in [2.45, 2.75) is 4.95 Å². The van der Waals surface area contributed by atoms with E-state index in [9.17, 15) is 4.39 Å². The lowest BCUT2D eigenvalue weighted by molar-refractivity contribution is 0.627. The first-order chi connectivity index (χ1) is 5.24. The van der Waals surface area contributed by atoms with Crippen LogP contribution >= 0.6 is 15.9 Å². The molecule has 11 heavy (non-hydrogen) atoms. The summed E-state index contributed by atoms with van der Waals surface area (Å²) in [5.74, 6) is -0.279. The smallest absolute Gasteiger partial charge is 0.296 e. The molecule has 0 aromatic heterocycles. The second kappa shape index (κ2) is 3.49. The molecule has 0 aliphatic rings. The fourth-order valence-corrected chi connectivity index (χ4v) is 1.00. The Labute approximate surface area is 72.8 Å². The van der Waals surface area contributed by atoms with Gasteiger partial charge in [-0.05, 0) is 24.3 Å². The molecule has 0 N–H and O–H groups in total. The number of alkyl halides is 1. The minimum atomic E-state index is -0.358. The van der Waals surface area contributed by atoms with E-state index in [1.54, 1.807) is 12.1 Å². The topological polar surface area (TPSA) is 4.36 Å². The van der Waals surface area contributed by atoms with Gasteiger partial charge in [0, 0.05) is 21.5 Å². The lowest BCUT2D eigenvalue weighted by Crippen LogP contribution is -1.82. The number of halogens is 2. The maximum absolute atomic E-state index is 12.4. The number of benzene rings is 1. The predicted octanol–water partition coefficient (Wildman–Crippen LogP) is 3.14. The van der Waals surface area contributed by atoms with Crippen LogP contribution in [0.25, 0.3) is 4.85 Å². The van der Waals surface area contributed by atoms with Crippen molar-refractivity contribution in [3.63, 3.8) is 0 Å². The van der Waals surface area contributed by atoms with Crippen LogP contribution in [-0.4, -0.2) is 0 Å². The van der Waals surface area contributed by atoms with Crippen LogP contribution in [0.4, 0.5) is 4.39 Å². The molecule has 0 aliphatic carbocycles. The van der Waals surface area contributed by atoms with Crippen molar-refractivity contribution in [3.8, 4) is 0 Å². The third-order valence-corrected chi connectivity index (χ3v) is 1.99. The normalized spacial score (nSPS) is 12.1. The molecular weight excluding hydrogens is 209 g/mol. The summed E-state index contributed by atoms with van der Waals surface area (Å²) in [5.41, 5.74) is 0.779. The van der Waals surface area contributed by atoms with E-state index in [0.29, 0.717) is 0 Å². The minimum Gasteiger partial charge on any atom is -0.296 e. The molecule has 0 heterocycles. The van der Waals surface area contributed by atoms with Gasteiger partial charge in [-0.15, -0.1) is 0 Å². The van der Waals surface area contributed by atoms with E-state index in [0.717, 1.165) is 5.56 Å². The minimum absolute atomic E-state index is 0.279. The van der Waals surface area contributed by atoms with Gasteiger partial charge in [-0.1, -0.05) is 0 Å². The van der Waals surface area contributed by atoms with Crippen molar-refractivity contribution in [1.29, 1.82) is 0 Å². The van der Waals surface area contributed by atoms with Gasteiger partial charge in [-0.2, -0.15) is 0 Å². The zero-order chi connectivity index (χ0) is 8.27. The van der Waals surface area contributed by atoms with E-state index in [-0.39, 0.29) is 10.8 Å². The van der Waals surface area contributed by atoms with Crippen molar-refractivity contribution in [1.82, 2.24) is 0 Å². The zero-order valence-corrected chi connectivity index (χ0v) is 7.18. The van der Waals surface area contributed by atoms with Crippen LogP contribution < -0.4 is 0 Å². The maximum Gasteiger partial charge on any atom is 0.301 e. The Morgan fingerprint density at radius 3 is 2.36 bits per heavy atom. The molecule has 0 saturated heterocycles. The number of nitrogens with zero attached hydrogens (tertiary/aromatic N) is 1. The Bertz CT molecular complexity index is 275. The van der Waals surface area contributed by atoms with Crippen LogP contribution in [0, 0.1) is 12.4 Å². The average Bonchev–Trinajstić information content (AvgIpc) is 2.05. The fourth-order valence-electron chi connectivity index (χ4n) is 0.696. The second-order valence-corrected chi connectivity index (χ2v) is 2.88. The Hall–Kier alpha value is -0.880. The zero-order valence-electron chi connectivity index (χ0n) is 5.59. The first-order valence-electron chi connectivity index (χ1n) is 3.00. The van der Waals surface area contributed by atoms with E-state index in [2.05, 4.69) is 20.8 Å². The molecule has 0 bridgehead atoms. The quantitative estimate of drug-likeness (QED) is 0.384. The molecule has 1 unspecified atom stereocenters. The monoisotopic (exact) mass is 213 g/mol. The highest BCUT2D eigenvalue weighted by Gasteiger charge is 2.08. The van der Waals surface area contributed by atoms with Crippen LogP contribution in [0.15, 0.2) is 24.3 Å². The van der Waals surface area contributed by atoms with E-state index in [1.807, 2.05) is 0 Å². The second-order valence-electron chi connectivity index (χ2n) is 2.02. The molecule has 1 rings (SSSR count). The number of hydrogen-bond acceptors (Lipinski definition) is 0. The molecular formula is C8H5BrFN. The SMILES string of the molecule is [C-]#[N+]C(Br)c1ccc(F)cc1. The highest BCUT2D eigenvalue weighted by molar-refractivity contribution is 9.09. The Morgan fingerprint density at radius 1 is 1.36 bits per heavy atom. The Morgan fingerprint density at radius 2 is 1.91 bits per heavy atom. The summed E-state index contributed by atoms with van der Waals surface area (Å²) in [4.78, 5) is 2.87. The van der Waals surface area contributed by atoms with Gasteiger partial charge in [0.25, 0.3) is 0 Å². The van der Waals surface area contributed by atoms with E-state index < -0.39 is 0 Å². The molecule has 0 fully saturated rings. The first-order valence-corrected chi connectivity index (χ1v) is 3.91. The summed E-state index contributed by atoms with van der Waals surface area (Å²) in [7, 11) is 0. The number of rotatable bonds is 1. The standard InChI is InChI=1S/C8H5BrFN/c1-11-8(9)6-2-4-7(10)5-3-6/h2-5,8H. The summed E-state index contributed by atoms with van der Waals surface area (Å²) < 4.78 is 12.4. The highest BCUT2D eigenvalue weighted by atomic mass is 79.9. The Kier molecular flexibility index (Phi) is 2.61. The molecule has 0 saturated carbocycles. The molecule has 3 heteroatoms. The molecule has 1 atom stereocenters. The maximum atomic E-state index is 12.4. The van der Waals surface area contributed by atoms with Crippen molar-refractivity contribution in [2.24, 2.45) is 0 Å². The molecule has 1 aromatic carbocycles. The van der Waals surface area contributed by atoms with Gasteiger partial charge >= 0.3 is 4.95 Å². The van der Waals surface area contributed by atoms with E-state index >= 15 is 0 Å². The van der Waals surface area contributed by atoms with E-state index in [1.165, 1.54) is 12.1 Å². The summed E-state index contributed by atoms with van der Waals surface area (Å²) in [6.45, 7) is 6.68. The van der Waals surface area contributed by atoms with Crippen molar-refractivity contribution in [2.75, 3.05) is 0 Å². The molecule has 0 radical (unpaired) electrons. The van der Waals surface area contributed by atoms with Crippen LogP contribution in [-0.2, 0) is 0 Å². The van der Waals surface area contributed by atoms with Crippen LogP contribution in [0.2, 0.25) is 0 Å².